The maximum atomic E-state index is 12.7. The monoisotopic (exact) mass is 420 g/mol. The average molecular weight is 421 g/mol. The second-order valence-corrected chi connectivity index (χ2v) is 7.33. The number of fused-ring (bicyclic) bond motifs is 1. The number of aromatic nitrogens is 1. The van der Waals surface area contributed by atoms with Crippen LogP contribution in [0.5, 0.6) is 5.75 Å². The van der Waals surface area contributed by atoms with Gasteiger partial charge in [0.05, 0.1) is 6.61 Å². The van der Waals surface area contributed by atoms with Crippen LogP contribution >= 0.6 is 11.6 Å². The van der Waals surface area contributed by atoms with E-state index in [0.29, 0.717) is 45.6 Å². The summed E-state index contributed by atoms with van der Waals surface area (Å²) < 4.78 is 11.5. The van der Waals surface area contributed by atoms with E-state index >= 15 is 0 Å². The maximum Gasteiger partial charge on any atom is 0.255 e. The summed E-state index contributed by atoms with van der Waals surface area (Å²) >= 11 is 6.05. The first-order chi connectivity index (χ1) is 14.6. The van der Waals surface area contributed by atoms with Gasteiger partial charge < -0.3 is 14.5 Å². The molecule has 1 N–H and O–H groups in total. The van der Waals surface area contributed by atoms with Gasteiger partial charge in [0.25, 0.3) is 5.91 Å². The van der Waals surface area contributed by atoms with Crippen molar-refractivity contribution in [3.8, 4) is 17.2 Å². The molecule has 0 atom stereocenters. The number of nitrogens with zero attached hydrogens (tertiary/aromatic N) is 1. The van der Waals surface area contributed by atoms with Gasteiger partial charge in [0.2, 0.25) is 5.89 Å². The average Bonchev–Trinajstić information content (AvgIpc) is 3.18. The Labute approximate surface area is 179 Å². The van der Waals surface area contributed by atoms with Crippen LogP contribution in [0.2, 0.25) is 5.02 Å². The fourth-order valence-corrected chi connectivity index (χ4v) is 3.21. The first-order valence-corrected chi connectivity index (χ1v) is 10.2. The van der Waals surface area contributed by atoms with E-state index in [1.54, 1.807) is 42.5 Å². The SMILES string of the molecule is CCCCOc1cccc(C(=O)Nc2ccc3oc(-c4cccc(Cl)c4)nc3c2)c1. The minimum atomic E-state index is -0.214. The number of hydrogen-bond donors (Lipinski definition) is 1. The zero-order valence-corrected chi connectivity index (χ0v) is 17.3. The third-order valence-corrected chi connectivity index (χ3v) is 4.81. The summed E-state index contributed by atoms with van der Waals surface area (Å²) in [7, 11) is 0. The summed E-state index contributed by atoms with van der Waals surface area (Å²) in [5.74, 6) is 0.955. The van der Waals surface area contributed by atoms with Crippen LogP contribution in [0, 0.1) is 0 Å². The van der Waals surface area contributed by atoms with Gasteiger partial charge in [-0.3, -0.25) is 4.79 Å². The standard InChI is InChI=1S/C24H21ClN2O3/c1-2-3-12-29-20-9-5-6-16(14-20)23(28)26-19-10-11-22-21(15-19)27-24(30-22)17-7-4-8-18(25)13-17/h4-11,13-15H,2-3,12H2,1H3,(H,26,28). The summed E-state index contributed by atoms with van der Waals surface area (Å²) in [6.45, 7) is 2.75. The Hall–Kier alpha value is -3.31. The molecule has 1 heterocycles. The Kier molecular flexibility index (Phi) is 6.00. The smallest absolute Gasteiger partial charge is 0.255 e. The largest absolute Gasteiger partial charge is 0.494 e. The van der Waals surface area contributed by atoms with Crippen LogP contribution in [0.1, 0.15) is 30.1 Å². The number of unbranched alkanes of at least 4 members (excludes halogenated alkanes) is 1. The molecule has 0 unspecified atom stereocenters. The van der Waals surface area contributed by atoms with E-state index in [2.05, 4.69) is 17.2 Å². The number of carbonyl (C=O) groups is 1. The van der Waals surface area contributed by atoms with E-state index in [1.807, 2.05) is 24.3 Å². The fraction of sp³-hybridized carbons (Fsp3) is 0.167. The van der Waals surface area contributed by atoms with Gasteiger partial charge in [-0.1, -0.05) is 37.1 Å². The lowest BCUT2D eigenvalue weighted by atomic mass is 10.2. The third kappa shape index (κ3) is 4.63. The molecule has 0 radical (unpaired) electrons. The van der Waals surface area contributed by atoms with Gasteiger partial charge >= 0.3 is 0 Å². The minimum Gasteiger partial charge on any atom is -0.494 e. The summed E-state index contributed by atoms with van der Waals surface area (Å²) in [5.41, 5.74) is 3.25. The number of nitrogens with one attached hydrogen (secondary N) is 1. The second-order valence-electron chi connectivity index (χ2n) is 6.90. The number of ether oxygens (including phenoxy) is 1. The van der Waals surface area contributed by atoms with Crippen molar-refractivity contribution in [1.29, 1.82) is 0 Å². The number of rotatable bonds is 7. The van der Waals surface area contributed by atoms with Crippen molar-refractivity contribution in [2.75, 3.05) is 11.9 Å². The van der Waals surface area contributed by atoms with Crippen molar-refractivity contribution < 1.29 is 13.9 Å². The molecule has 152 valence electrons. The van der Waals surface area contributed by atoms with Crippen LogP contribution in [-0.4, -0.2) is 17.5 Å². The molecule has 30 heavy (non-hydrogen) atoms. The first kappa shape index (κ1) is 20.0. The molecule has 4 aromatic rings. The maximum absolute atomic E-state index is 12.7. The number of halogens is 1. The van der Waals surface area contributed by atoms with Crippen molar-refractivity contribution in [1.82, 2.24) is 4.98 Å². The van der Waals surface area contributed by atoms with Gasteiger partial charge in [-0.25, -0.2) is 4.98 Å². The summed E-state index contributed by atoms with van der Waals surface area (Å²) in [6.07, 6.45) is 2.04. The molecule has 0 saturated heterocycles. The lowest BCUT2D eigenvalue weighted by Crippen LogP contribution is -2.12. The molecule has 6 heteroatoms. The molecule has 0 aliphatic rings. The number of benzene rings is 3. The Balaban J connectivity index is 1.51. The summed E-state index contributed by atoms with van der Waals surface area (Å²) in [4.78, 5) is 17.2. The second kappa shape index (κ2) is 9.01. The topological polar surface area (TPSA) is 64.4 Å². The van der Waals surface area contributed by atoms with Crippen LogP contribution < -0.4 is 10.1 Å². The lowest BCUT2D eigenvalue weighted by Gasteiger charge is -2.08. The first-order valence-electron chi connectivity index (χ1n) is 9.83. The Morgan fingerprint density at radius 3 is 2.80 bits per heavy atom. The van der Waals surface area contributed by atoms with Crippen molar-refractivity contribution in [3.63, 3.8) is 0 Å². The zero-order valence-electron chi connectivity index (χ0n) is 16.5. The van der Waals surface area contributed by atoms with Gasteiger partial charge in [-0.05, 0) is 61.0 Å². The molecule has 1 aromatic heterocycles. The molecule has 1 amide bonds. The number of carbonyl (C=O) groups excluding carboxylic acids is 1. The van der Waals surface area contributed by atoms with Crippen LogP contribution in [0.4, 0.5) is 5.69 Å². The Morgan fingerprint density at radius 1 is 1.10 bits per heavy atom. The lowest BCUT2D eigenvalue weighted by molar-refractivity contribution is 0.102. The molecular weight excluding hydrogens is 400 g/mol. The molecule has 0 fully saturated rings. The summed E-state index contributed by atoms with van der Waals surface area (Å²) in [6, 6.07) is 19.9. The highest BCUT2D eigenvalue weighted by molar-refractivity contribution is 6.30. The van der Waals surface area contributed by atoms with Gasteiger partial charge in [0.15, 0.2) is 5.58 Å². The van der Waals surface area contributed by atoms with Crippen molar-refractivity contribution in [3.05, 3.63) is 77.3 Å². The number of hydrogen-bond acceptors (Lipinski definition) is 4. The van der Waals surface area contributed by atoms with E-state index in [1.165, 1.54) is 0 Å². The van der Waals surface area contributed by atoms with Gasteiger partial charge in [-0.15, -0.1) is 0 Å². The normalized spacial score (nSPS) is 10.9. The molecule has 0 bridgehead atoms. The highest BCUT2D eigenvalue weighted by Gasteiger charge is 2.12. The zero-order chi connectivity index (χ0) is 20.9. The highest BCUT2D eigenvalue weighted by atomic mass is 35.5. The van der Waals surface area contributed by atoms with E-state index < -0.39 is 0 Å². The molecule has 0 saturated carbocycles. The minimum absolute atomic E-state index is 0.214. The van der Waals surface area contributed by atoms with Crippen LogP contribution in [0.15, 0.2) is 71.1 Å². The van der Waals surface area contributed by atoms with E-state index in [4.69, 9.17) is 20.8 Å². The molecule has 4 rings (SSSR count). The molecule has 0 aliphatic carbocycles. The fourth-order valence-electron chi connectivity index (χ4n) is 3.01. The molecule has 0 aliphatic heterocycles. The van der Waals surface area contributed by atoms with Crippen LogP contribution in [0.3, 0.4) is 0 Å². The van der Waals surface area contributed by atoms with Crippen LogP contribution in [-0.2, 0) is 0 Å². The third-order valence-electron chi connectivity index (χ3n) is 4.58. The highest BCUT2D eigenvalue weighted by Crippen LogP contribution is 2.28. The van der Waals surface area contributed by atoms with E-state index in [-0.39, 0.29) is 5.91 Å². The van der Waals surface area contributed by atoms with Gasteiger partial charge in [0.1, 0.15) is 11.3 Å². The molecule has 5 nitrogen and oxygen atoms in total. The van der Waals surface area contributed by atoms with E-state index in [9.17, 15) is 4.79 Å². The van der Waals surface area contributed by atoms with Gasteiger partial charge in [0, 0.05) is 21.8 Å². The number of anilines is 1. The van der Waals surface area contributed by atoms with Crippen LogP contribution in [0.25, 0.3) is 22.6 Å². The number of oxazole rings is 1. The summed E-state index contributed by atoms with van der Waals surface area (Å²) in [5, 5.41) is 3.52. The predicted molar refractivity (Wildman–Crippen MR) is 119 cm³/mol. The molecule has 3 aromatic carbocycles. The predicted octanol–water partition coefficient (Wildman–Crippen LogP) is 6.58. The quantitative estimate of drug-likeness (QED) is 0.343. The van der Waals surface area contributed by atoms with Crippen molar-refractivity contribution >= 4 is 34.3 Å². The Bertz CT molecular complexity index is 1190. The van der Waals surface area contributed by atoms with Crippen molar-refractivity contribution in [2.45, 2.75) is 19.8 Å². The van der Waals surface area contributed by atoms with Gasteiger partial charge in [-0.2, -0.15) is 0 Å². The molecule has 0 spiro atoms. The van der Waals surface area contributed by atoms with Crippen molar-refractivity contribution in [2.24, 2.45) is 0 Å². The Morgan fingerprint density at radius 2 is 1.97 bits per heavy atom. The number of amides is 1. The molecular formula is C24H21ClN2O3. The van der Waals surface area contributed by atoms with E-state index in [0.717, 1.165) is 18.4 Å².